The van der Waals surface area contributed by atoms with Crippen LogP contribution in [0.15, 0.2) is 35.6 Å². The van der Waals surface area contributed by atoms with E-state index in [-0.39, 0.29) is 6.09 Å². The van der Waals surface area contributed by atoms with Crippen molar-refractivity contribution in [3.63, 3.8) is 0 Å². The highest BCUT2D eigenvalue weighted by Gasteiger charge is 2.23. The minimum atomic E-state index is -0.246. The molecular formula is C18H25N7O2. The second kappa shape index (κ2) is 9.02. The number of aliphatic imine (C=N–C) groups is 1. The van der Waals surface area contributed by atoms with Gasteiger partial charge in [0.25, 0.3) is 0 Å². The molecule has 1 saturated heterocycles. The molecule has 0 unspecified atom stereocenters. The fraction of sp³-hybridized carbons (Fsp3) is 0.444. The molecule has 2 heterocycles. The van der Waals surface area contributed by atoms with E-state index in [1.165, 1.54) is 6.33 Å². The molecule has 27 heavy (non-hydrogen) atoms. The maximum atomic E-state index is 11.8. The number of aromatic nitrogens is 3. The van der Waals surface area contributed by atoms with Crippen LogP contribution in [0.3, 0.4) is 0 Å². The summed E-state index contributed by atoms with van der Waals surface area (Å²) in [5.74, 6) is 1.57. The van der Waals surface area contributed by atoms with Crippen LogP contribution in [-0.4, -0.2) is 76.9 Å². The van der Waals surface area contributed by atoms with Gasteiger partial charge < -0.3 is 19.9 Å². The Morgan fingerprint density at radius 1 is 1.30 bits per heavy atom. The average Bonchev–Trinajstić information content (AvgIpc) is 3.24. The molecule has 0 atom stereocenters. The predicted octanol–water partition coefficient (Wildman–Crippen LogP) is 1.32. The molecule has 1 aliphatic rings. The summed E-state index contributed by atoms with van der Waals surface area (Å²) in [6.07, 6.45) is 1.25. The fourth-order valence-corrected chi connectivity index (χ4v) is 3.00. The highest BCUT2D eigenvalue weighted by Crippen LogP contribution is 2.15. The van der Waals surface area contributed by atoms with E-state index in [9.17, 15) is 4.79 Å². The second-order valence-electron chi connectivity index (χ2n) is 6.11. The van der Waals surface area contributed by atoms with Gasteiger partial charge in [0, 0.05) is 45.3 Å². The van der Waals surface area contributed by atoms with E-state index in [0.717, 1.165) is 36.0 Å². The lowest BCUT2D eigenvalue weighted by Crippen LogP contribution is -2.53. The van der Waals surface area contributed by atoms with Gasteiger partial charge >= 0.3 is 6.09 Å². The van der Waals surface area contributed by atoms with Crippen molar-refractivity contribution in [1.82, 2.24) is 30.3 Å². The van der Waals surface area contributed by atoms with Gasteiger partial charge in [0.15, 0.2) is 11.8 Å². The topological polar surface area (TPSA) is 98.7 Å². The van der Waals surface area contributed by atoms with E-state index in [1.54, 1.807) is 11.9 Å². The average molecular weight is 371 g/mol. The summed E-state index contributed by atoms with van der Waals surface area (Å²) >= 11 is 0. The van der Waals surface area contributed by atoms with Gasteiger partial charge in [-0.1, -0.05) is 18.2 Å². The van der Waals surface area contributed by atoms with Crippen LogP contribution in [0.1, 0.15) is 12.5 Å². The number of nitrogens with one attached hydrogen (secondary N) is 2. The third kappa shape index (κ3) is 4.75. The van der Waals surface area contributed by atoms with Gasteiger partial charge in [0.05, 0.1) is 6.61 Å². The molecule has 2 N–H and O–H groups in total. The fourth-order valence-electron chi connectivity index (χ4n) is 3.00. The summed E-state index contributed by atoms with van der Waals surface area (Å²) in [7, 11) is 1.77. The van der Waals surface area contributed by atoms with Crippen molar-refractivity contribution < 1.29 is 9.53 Å². The summed E-state index contributed by atoms with van der Waals surface area (Å²) in [6, 6.07) is 8.11. The lowest BCUT2D eigenvalue weighted by Gasteiger charge is -2.35. The van der Waals surface area contributed by atoms with Crippen LogP contribution in [0.25, 0.3) is 11.4 Å². The molecule has 1 aliphatic heterocycles. The number of aromatic amines is 1. The SMILES string of the molecule is CCOC(=O)N1CCN(C(=NC)NCc2cccc(-c3ncn[nH]3)c2)CC1. The van der Waals surface area contributed by atoms with E-state index in [2.05, 4.69) is 42.5 Å². The van der Waals surface area contributed by atoms with Crippen LogP contribution < -0.4 is 5.32 Å². The smallest absolute Gasteiger partial charge is 0.409 e. The Labute approximate surface area is 158 Å². The monoisotopic (exact) mass is 371 g/mol. The van der Waals surface area contributed by atoms with Gasteiger partial charge in [-0.2, -0.15) is 5.10 Å². The number of ether oxygens (including phenoxy) is 1. The molecule has 1 aromatic heterocycles. The lowest BCUT2D eigenvalue weighted by atomic mass is 10.1. The van der Waals surface area contributed by atoms with Crippen molar-refractivity contribution >= 4 is 12.1 Å². The first kappa shape index (κ1) is 18.7. The predicted molar refractivity (Wildman–Crippen MR) is 102 cm³/mol. The minimum absolute atomic E-state index is 0.246. The van der Waals surface area contributed by atoms with Crippen LogP contribution in [0.5, 0.6) is 0 Å². The molecule has 144 valence electrons. The highest BCUT2D eigenvalue weighted by molar-refractivity contribution is 5.80. The van der Waals surface area contributed by atoms with Crippen LogP contribution in [-0.2, 0) is 11.3 Å². The van der Waals surface area contributed by atoms with Crippen molar-refractivity contribution in [2.24, 2.45) is 4.99 Å². The number of piperazine rings is 1. The Morgan fingerprint density at radius 3 is 2.74 bits per heavy atom. The van der Waals surface area contributed by atoms with Crippen molar-refractivity contribution in [3.8, 4) is 11.4 Å². The first-order chi connectivity index (χ1) is 13.2. The van der Waals surface area contributed by atoms with Crippen LogP contribution >= 0.6 is 0 Å². The van der Waals surface area contributed by atoms with Gasteiger partial charge in [0.1, 0.15) is 6.33 Å². The number of H-pyrrole nitrogens is 1. The quantitative estimate of drug-likeness (QED) is 0.621. The van der Waals surface area contributed by atoms with E-state index in [4.69, 9.17) is 4.74 Å². The summed E-state index contributed by atoms with van der Waals surface area (Å²) in [6.45, 7) is 5.55. The van der Waals surface area contributed by atoms with Crippen molar-refractivity contribution in [2.45, 2.75) is 13.5 Å². The Bertz CT molecular complexity index is 768. The molecule has 2 aromatic rings. The zero-order chi connectivity index (χ0) is 19.1. The zero-order valence-corrected chi connectivity index (χ0v) is 15.7. The van der Waals surface area contributed by atoms with E-state index >= 15 is 0 Å². The number of nitrogens with zero attached hydrogens (tertiary/aromatic N) is 5. The van der Waals surface area contributed by atoms with Gasteiger partial charge in [-0.05, 0) is 18.6 Å². The van der Waals surface area contributed by atoms with Crippen molar-refractivity contribution in [2.75, 3.05) is 39.8 Å². The number of guanidine groups is 1. The van der Waals surface area contributed by atoms with E-state index < -0.39 is 0 Å². The summed E-state index contributed by atoms with van der Waals surface area (Å²) in [5.41, 5.74) is 2.11. The Kier molecular flexibility index (Phi) is 6.24. The van der Waals surface area contributed by atoms with Crippen LogP contribution in [0, 0.1) is 0 Å². The number of rotatable bonds is 4. The molecule has 0 saturated carbocycles. The van der Waals surface area contributed by atoms with Crippen LogP contribution in [0.2, 0.25) is 0 Å². The summed E-state index contributed by atoms with van der Waals surface area (Å²) < 4.78 is 5.06. The first-order valence-corrected chi connectivity index (χ1v) is 9.03. The number of benzene rings is 1. The van der Waals surface area contributed by atoms with Gasteiger partial charge in [-0.15, -0.1) is 0 Å². The van der Waals surface area contributed by atoms with Crippen molar-refractivity contribution in [1.29, 1.82) is 0 Å². The van der Waals surface area contributed by atoms with Crippen molar-refractivity contribution in [3.05, 3.63) is 36.2 Å². The minimum Gasteiger partial charge on any atom is -0.450 e. The number of hydrogen-bond acceptors (Lipinski definition) is 5. The standard InChI is InChI=1S/C18H25N7O2/c1-3-27-18(26)25-9-7-24(8-10-25)17(19-2)20-12-14-5-4-6-15(11-14)16-21-13-22-23-16/h4-6,11,13H,3,7-10,12H2,1-2H3,(H,19,20)(H,21,22,23). The maximum absolute atomic E-state index is 11.8. The third-order valence-corrected chi connectivity index (χ3v) is 4.38. The molecule has 0 bridgehead atoms. The number of carbonyl (C=O) groups excluding carboxylic acids is 1. The highest BCUT2D eigenvalue weighted by atomic mass is 16.6. The molecule has 1 amide bonds. The molecule has 9 nitrogen and oxygen atoms in total. The van der Waals surface area contributed by atoms with E-state index in [1.807, 2.05) is 19.1 Å². The zero-order valence-electron chi connectivity index (χ0n) is 15.7. The van der Waals surface area contributed by atoms with Gasteiger partial charge in [-0.25, -0.2) is 9.78 Å². The van der Waals surface area contributed by atoms with Crippen LogP contribution in [0.4, 0.5) is 4.79 Å². The molecular weight excluding hydrogens is 346 g/mol. The van der Waals surface area contributed by atoms with Gasteiger partial charge in [0.2, 0.25) is 0 Å². The third-order valence-electron chi connectivity index (χ3n) is 4.38. The molecule has 9 heteroatoms. The maximum Gasteiger partial charge on any atom is 0.409 e. The Balaban J connectivity index is 1.54. The molecule has 0 radical (unpaired) electrons. The molecule has 1 aromatic carbocycles. The molecule has 1 fully saturated rings. The number of amides is 1. The lowest BCUT2D eigenvalue weighted by molar-refractivity contribution is 0.0914. The van der Waals surface area contributed by atoms with Gasteiger partial charge in [-0.3, -0.25) is 10.1 Å². The molecule has 0 aliphatic carbocycles. The molecule has 3 rings (SSSR count). The largest absolute Gasteiger partial charge is 0.450 e. The Hall–Kier alpha value is -3.10. The first-order valence-electron chi connectivity index (χ1n) is 9.03. The summed E-state index contributed by atoms with van der Waals surface area (Å²) in [5, 5.41) is 10.2. The normalized spacial score (nSPS) is 15.0. The number of hydrogen-bond donors (Lipinski definition) is 2. The second-order valence-corrected chi connectivity index (χ2v) is 6.11. The molecule has 0 spiro atoms. The summed E-state index contributed by atoms with van der Waals surface area (Å²) in [4.78, 5) is 24.2. The Morgan fingerprint density at radius 2 is 2.07 bits per heavy atom. The number of carbonyl (C=O) groups is 1. The van der Waals surface area contributed by atoms with E-state index in [0.29, 0.717) is 26.2 Å².